The Morgan fingerprint density at radius 1 is 0.750 bits per heavy atom. The first kappa shape index (κ1) is 16.5. The fraction of sp³-hybridized carbons (Fsp3) is 1.00. The van der Waals surface area contributed by atoms with E-state index in [2.05, 4.69) is 51.8 Å². The number of hydrogen-bond donors (Lipinski definition) is 0. The molecule has 96 valence electrons. The predicted octanol–water partition coefficient (Wildman–Crippen LogP) is 1.87. The quantitative estimate of drug-likeness (QED) is 0.600. The second-order valence-corrected chi connectivity index (χ2v) is 7.52. The van der Waals surface area contributed by atoms with Crippen LogP contribution in [0.2, 0.25) is 4.78 Å². The molecule has 0 amide bonds. The molecule has 0 saturated carbocycles. The fourth-order valence-corrected chi connectivity index (χ4v) is 2.38. The van der Waals surface area contributed by atoms with Crippen molar-refractivity contribution in [2.24, 2.45) is 0 Å². The van der Waals surface area contributed by atoms with Gasteiger partial charge in [0.15, 0.2) is 0 Å². The molecule has 0 aromatic carbocycles. The summed E-state index contributed by atoms with van der Waals surface area (Å²) in [6.07, 6.45) is 5.56. The lowest BCUT2D eigenvalue weighted by atomic mass is 10.0. The van der Waals surface area contributed by atoms with E-state index in [1.807, 2.05) is 0 Å². The smallest absolute Gasteiger partial charge is 0.216 e. The summed E-state index contributed by atoms with van der Waals surface area (Å²) in [5, 5.41) is 0. The van der Waals surface area contributed by atoms with E-state index in [1.54, 1.807) is 0 Å². The molecule has 0 radical (unpaired) electrons. The van der Waals surface area contributed by atoms with Gasteiger partial charge in [0.25, 0.3) is 0 Å². The summed E-state index contributed by atoms with van der Waals surface area (Å²) in [5.41, 5.74) is 0. The van der Waals surface area contributed by atoms with Crippen LogP contribution in [0.3, 0.4) is 0 Å². The Labute approximate surface area is 111 Å². The zero-order valence-electron chi connectivity index (χ0n) is 12.5. The van der Waals surface area contributed by atoms with Gasteiger partial charge < -0.3 is 9.80 Å². The van der Waals surface area contributed by atoms with Crippen LogP contribution in [0.5, 0.6) is 0 Å². The second-order valence-electron chi connectivity index (χ2n) is 5.89. The maximum absolute atomic E-state index is 2.33. The molecule has 0 aliphatic rings. The van der Waals surface area contributed by atoms with Crippen LogP contribution < -0.4 is 0 Å². The summed E-state index contributed by atoms with van der Waals surface area (Å²) in [7, 11) is 8.73. The number of nitrogens with zero attached hydrogens (tertiary/aromatic N) is 2. The molecule has 16 heavy (non-hydrogen) atoms. The van der Waals surface area contributed by atoms with E-state index in [0.29, 0.717) is 0 Å². The van der Waals surface area contributed by atoms with E-state index >= 15 is 0 Å². The van der Waals surface area contributed by atoms with Crippen LogP contribution in [0.1, 0.15) is 39.5 Å². The standard InChI is InChI=1S/C13H29N2.Al.2H/c1-12(14(3)4)10-8-7-9-11-13(2)15(5)6;;;/h7,12-13H,8-11H2,1-6H3;;;. The molecular weight excluding hydrogens is 211 g/mol. The van der Waals surface area contributed by atoms with E-state index in [0.717, 1.165) is 16.9 Å². The Bertz CT molecular complexity index is 153. The first-order valence-electron chi connectivity index (χ1n) is 6.67. The Balaban J connectivity index is 3.63. The van der Waals surface area contributed by atoms with Crippen LogP contribution in [0.25, 0.3) is 0 Å². The van der Waals surface area contributed by atoms with Gasteiger partial charge in [-0.1, -0.05) is 17.6 Å². The highest BCUT2D eigenvalue weighted by molar-refractivity contribution is 6.11. The highest BCUT2D eigenvalue weighted by Crippen LogP contribution is 2.20. The minimum atomic E-state index is 0.739. The number of rotatable bonds is 8. The van der Waals surface area contributed by atoms with E-state index in [1.165, 1.54) is 42.0 Å². The van der Waals surface area contributed by atoms with Crippen molar-refractivity contribution in [2.45, 2.75) is 56.4 Å². The van der Waals surface area contributed by atoms with E-state index in [4.69, 9.17) is 0 Å². The van der Waals surface area contributed by atoms with Crippen LogP contribution in [0, 0.1) is 0 Å². The Morgan fingerprint density at radius 2 is 1.06 bits per heavy atom. The highest BCUT2D eigenvalue weighted by atomic mass is 27.0. The van der Waals surface area contributed by atoms with Crippen LogP contribution >= 0.6 is 0 Å². The molecule has 0 heterocycles. The number of hydrogen-bond acceptors (Lipinski definition) is 2. The molecule has 2 atom stereocenters. The van der Waals surface area contributed by atoms with Crippen LogP contribution in [-0.2, 0) is 0 Å². The van der Waals surface area contributed by atoms with Gasteiger partial charge in [-0.2, -0.15) is 0 Å². The largest absolute Gasteiger partial charge is 0.307 e. The molecule has 2 nitrogen and oxygen atoms in total. The minimum Gasteiger partial charge on any atom is -0.307 e. The summed E-state index contributed by atoms with van der Waals surface area (Å²) >= 11 is 1.35. The molecule has 2 unspecified atom stereocenters. The van der Waals surface area contributed by atoms with Crippen molar-refractivity contribution in [3.05, 3.63) is 0 Å². The average Bonchev–Trinajstić information content (AvgIpc) is 2.21. The van der Waals surface area contributed by atoms with Crippen molar-refractivity contribution >= 4 is 16.3 Å². The van der Waals surface area contributed by atoms with Crippen molar-refractivity contribution in [1.82, 2.24) is 9.80 Å². The molecule has 0 rings (SSSR count). The third-order valence-electron chi connectivity index (χ3n) is 3.92. The van der Waals surface area contributed by atoms with Crippen molar-refractivity contribution < 1.29 is 0 Å². The van der Waals surface area contributed by atoms with Gasteiger partial charge in [0.05, 0.1) is 0 Å². The van der Waals surface area contributed by atoms with Crippen LogP contribution in [0.4, 0.5) is 0 Å². The lowest BCUT2D eigenvalue weighted by Gasteiger charge is -2.24. The van der Waals surface area contributed by atoms with Crippen LogP contribution in [0.15, 0.2) is 0 Å². The first-order valence-corrected chi connectivity index (χ1v) is 7.82. The van der Waals surface area contributed by atoms with Gasteiger partial charge in [-0.25, -0.2) is 0 Å². The normalized spacial score (nSPS) is 17.8. The molecule has 0 spiro atoms. The molecule has 0 aliphatic carbocycles. The van der Waals surface area contributed by atoms with Gasteiger partial charge in [0, 0.05) is 12.1 Å². The summed E-state index contributed by atoms with van der Waals surface area (Å²) < 4.78 is 1.00. The zero-order chi connectivity index (χ0) is 12.7. The summed E-state index contributed by atoms with van der Waals surface area (Å²) in [5.74, 6) is 0. The second kappa shape index (κ2) is 8.53. The van der Waals surface area contributed by atoms with Gasteiger partial charge in [0.1, 0.15) is 0 Å². The minimum absolute atomic E-state index is 0.739. The summed E-state index contributed by atoms with van der Waals surface area (Å²) in [4.78, 5) is 4.66. The Kier molecular flexibility index (Phi) is 8.77. The molecular formula is C13H31AlN2. The lowest BCUT2D eigenvalue weighted by Crippen LogP contribution is -2.26. The SMILES string of the molecule is CC(CC[CH]([AlH2])CCC(C)N(C)C)N(C)C. The van der Waals surface area contributed by atoms with Gasteiger partial charge >= 0.3 is 0 Å². The van der Waals surface area contributed by atoms with E-state index in [-0.39, 0.29) is 0 Å². The maximum atomic E-state index is 2.33. The van der Waals surface area contributed by atoms with E-state index in [9.17, 15) is 0 Å². The zero-order valence-corrected chi connectivity index (χ0v) is 14.5. The van der Waals surface area contributed by atoms with Gasteiger partial charge in [-0.3, -0.25) is 0 Å². The van der Waals surface area contributed by atoms with Crippen molar-refractivity contribution in [3.8, 4) is 0 Å². The molecule has 0 fully saturated rings. The molecule has 0 aromatic heterocycles. The Morgan fingerprint density at radius 3 is 1.31 bits per heavy atom. The highest BCUT2D eigenvalue weighted by Gasteiger charge is 2.10. The molecule has 3 heteroatoms. The third-order valence-corrected chi connectivity index (χ3v) is 5.07. The molecule has 0 aliphatic heterocycles. The van der Waals surface area contributed by atoms with Gasteiger partial charge in [0.2, 0.25) is 16.3 Å². The third kappa shape index (κ3) is 7.68. The van der Waals surface area contributed by atoms with E-state index < -0.39 is 0 Å². The van der Waals surface area contributed by atoms with Gasteiger partial charge in [-0.05, 0) is 54.9 Å². The topological polar surface area (TPSA) is 6.48 Å². The predicted molar refractivity (Wildman–Crippen MR) is 77.1 cm³/mol. The van der Waals surface area contributed by atoms with Crippen molar-refractivity contribution in [2.75, 3.05) is 28.2 Å². The maximum Gasteiger partial charge on any atom is 0.216 e. The molecule has 0 N–H and O–H groups in total. The summed E-state index contributed by atoms with van der Waals surface area (Å²) in [6, 6.07) is 1.48. The molecule has 0 bridgehead atoms. The first-order chi connectivity index (χ1) is 7.34. The molecule has 0 aromatic rings. The van der Waals surface area contributed by atoms with Crippen LogP contribution in [-0.4, -0.2) is 66.4 Å². The molecule has 0 saturated heterocycles. The summed E-state index contributed by atoms with van der Waals surface area (Å²) in [6.45, 7) is 4.66. The Hall–Kier alpha value is 0.452. The van der Waals surface area contributed by atoms with Crippen molar-refractivity contribution in [3.63, 3.8) is 0 Å². The lowest BCUT2D eigenvalue weighted by molar-refractivity contribution is 0.278. The monoisotopic (exact) mass is 242 g/mol. The van der Waals surface area contributed by atoms with Gasteiger partial charge in [-0.15, -0.1) is 0 Å². The van der Waals surface area contributed by atoms with Crippen molar-refractivity contribution in [1.29, 1.82) is 0 Å². The fourth-order valence-electron chi connectivity index (χ4n) is 1.71. The average molecular weight is 242 g/mol.